The van der Waals surface area contributed by atoms with E-state index in [0.29, 0.717) is 19.6 Å². The maximum absolute atomic E-state index is 12.0. The van der Waals surface area contributed by atoms with E-state index >= 15 is 0 Å². The second-order valence-electron chi connectivity index (χ2n) is 7.67. The van der Waals surface area contributed by atoms with Crippen LogP contribution < -0.4 is 0 Å². The van der Waals surface area contributed by atoms with Crippen LogP contribution in [0.5, 0.6) is 0 Å². The van der Waals surface area contributed by atoms with E-state index in [1.807, 2.05) is 30.3 Å². The van der Waals surface area contributed by atoms with Gasteiger partial charge in [0.15, 0.2) is 14.1 Å². The van der Waals surface area contributed by atoms with Gasteiger partial charge in [-0.1, -0.05) is 51.1 Å². The summed E-state index contributed by atoms with van der Waals surface area (Å²) in [6.07, 6.45) is 0.787. The molecule has 0 aliphatic rings. The lowest BCUT2D eigenvalue weighted by atomic mass is 10.1. The Morgan fingerprint density at radius 1 is 1.21 bits per heavy atom. The first-order valence-electron chi connectivity index (χ1n) is 8.60. The average Bonchev–Trinajstić information content (AvgIpc) is 2.52. The summed E-state index contributed by atoms with van der Waals surface area (Å²) >= 11 is 0. The van der Waals surface area contributed by atoms with Crippen molar-refractivity contribution in [2.24, 2.45) is 0 Å². The summed E-state index contributed by atoms with van der Waals surface area (Å²) in [6.45, 7) is 11.3. The van der Waals surface area contributed by atoms with E-state index in [-0.39, 0.29) is 10.8 Å². The van der Waals surface area contributed by atoms with Crippen LogP contribution in [0.4, 0.5) is 0 Å². The quantitative estimate of drug-likeness (QED) is 0.512. The fourth-order valence-corrected chi connectivity index (χ4v) is 3.37. The van der Waals surface area contributed by atoms with E-state index in [0.717, 1.165) is 12.0 Å². The molecule has 4 nitrogen and oxygen atoms in total. The molecule has 0 amide bonds. The van der Waals surface area contributed by atoms with Gasteiger partial charge in [0.1, 0.15) is 12.7 Å². The zero-order valence-corrected chi connectivity index (χ0v) is 16.7. The summed E-state index contributed by atoms with van der Waals surface area (Å²) < 4.78 is 11.9. The maximum atomic E-state index is 12.0. The predicted molar refractivity (Wildman–Crippen MR) is 99.5 cm³/mol. The molecule has 0 radical (unpaired) electrons. The van der Waals surface area contributed by atoms with E-state index in [2.05, 4.69) is 33.9 Å². The smallest absolute Gasteiger partial charge is 0.193 e. The minimum absolute atomic E-state index is 0.0325. The third kappa shape index (κ3) is 6.85. The van der Waals surface area contributed by atoms with Gasteiger partial charge in [0.2, 0.25) is 0 Å². The van der Waals surface area contributed by atoms with Crippen LogP contribution in [0.15, 0.2) is 30.3 Å². The molecule has 1 aromatic carbocycles. The standard InChI is InChI=1S/C19H32O4Si/c1-19(2,3)24(4,5)23-18(17(21)14-20)12-9-13-22-15-16-10-7-6-8-11-16/h6-8,10-11,18,20H,9,12-15H2,1-5H3. The highest BCUT2D eigenvalue weighted by molar-refractivity contribution is 6.74. The second kappa shape index (κ2) is 9.46. The fraction of sp³-hybridized carbons (Fsp3) is 0.632. The SMILES string of the molecule is CC(C)(C)[Si](C)(C)OC(CCCOCc1ccccc1)C(=O)CO. The van der Waals surface area contributed by atoms with Gasteiger partial charge in [0.25, 0.3) is 0 Å². The number of hydrogen-bond acceptors (Lipinski definition) is 4. The Balaban J connectivity index is 2.45. The van der Waals surface area contributed by atoms with Crippen molar-refractivity contribution in [1.82, 2.24) is 0 Å². The lowest BCUT2D eigenvalue weighted by molar-refractivity contribution is -0.129. The molecular formula is C19H32O4Si. The van der Waals surface area contributed by atoms with E-state index in [9.17, 15) is 9.90 Å². The van der Waals surface area contributed by atoms with Crippen LogP contribution in [0, 0.1) is 0 Å². The molecule has 0 spiro atoms. The van der Waals surface area contributed by atoms with E-state index < -0.39 is 21.0 Å². The number of carbonyl (C=O) groups excluding carboxylic acids is 1. The molecule has 1 unspecified atom stereocenters. The maximum Gasteiger partial charge on any atom is 0.193 e. The Morgan fingerprint density at radius 2 is 1.83 bits per heavy atom. The molecule has 0 aliphatic heterocycles. The van der Waals surface area contributed by atoms with Crippen molar-refractivity contribution in [3.63, 3.8) is 0 Å². The summed E-state index contributed by atoms with van der Waals surface area (Å²) in [4.78, 5) is 12.0. The van der Waals surface area contributed by atoms with Gasteiger partial charge in [-0.3, -0.25) is 4.79 Å². The van der Waals surface area contributed by atoms with Gasteiger partial charge >= 0.3 is 0 Å². The minimum Gasteiger partial charge on any atom is -0.407 e. The zero-order valence-electron chi connectivity index (χ0n) is 15.7. The molecular weight excluding hydrogens is 320 g/mol. The Morgan fingerprint density at radius 3 is 2.38 bits per heavy atom. The number of ether oxygens (including phenoxy) is 1. The molecule has 5 heteroatoms. The summed E-state index contributed by atoms with van der Waals surface area (Å²) in [5.74, 6) is -0.233. The van der Waals surface area contributed by atoms with E-state index in [1.165, 1.54) is 0 Å². The van der Waals surface area contributed by atoms with Crippen LogP contribution in [0.1, 0.15) is 39.2 Å². The van der Waals surface area contributed by atoms with E-state index in [1.54, 1.807) is 0 Å². The highest BCUT2D eigenvalue weighted by Gasteiger charge is 2.40. The first kappa shape index (κ1) is 21.0. The molecule has 136 valence electrons. The summed E-state index contributed by atoms with van der Waals surface area (Å²) in [5, 5.41) is 9.24. The summed E-state index contributed by atoms with van der Waals surface area (Å²) in [6, 6.07) is 10.0. The minimum atomic E-state index is -2.04. The van der Waals surface area contributed by atoms with Crippen LogP contribution >= 0.6 is 0 Å². The number of carbonyl (C=O) groups is 1. The number of ketones is 1. The largest absolute Gasteiger partial charge is 0.407 e. The number of benzene rings is 1. The predicted octanol–water partition coefficient (Wildman–Crippen LogP) is 3.94. The van der Waals surface area contributed by atoms with Gasteiger partial charge in [0, 0.05) is 6.61 Å². The number of rotatable bonds is 10. The highest BCUT2D eigenvalue weighted by Crippen LogP contribution is 2.37. The summed E-state index contributed by atoms with van der Waals surface area (Å²) in [7, 11) is -2.04. The summed E-state index contributed by atoms with van der Waals surface area (Å²) in [5.41, 5.74) is 1.14. The van der Waals surface area contributed by atoms with Crippen molar-refractivity contribution in [1.29, 1.82) is 0 Å². The van der Waals surface area contributed by atoms with Crippen LogP contribution in [-0.4, -0.2) is 38.5 Å². The molecule has 1 aromatic rings. The van der Waals surface area contributed by atoms with Crippen molar-refractivity contribution < 1.29 is 19.1 Å². The molecule has 0 bridgehead atoms. The van der Waals surface area contributed by atoms with Gasteiger partial charge in [-0.25, -0.2) is 0 Å². The van der Waals surface area contributed by atoms with Crippen LogP contribution in [0.3, 0.4) is 0 Å². The molecule has 0 aromatic heterocycles. The highest BCUT2D eigenvalue weighted by atomic mass is 28.4. The first-order chi connectivity index (χ1) is 11.2. The van der Waals surface area contributed by atoms with Gasteiger partial charge in [-0.15, -0.1) is 0 Å². The van der Waals surface area contributed by atoms with Crippen molar-refractivity contribution in [3.8, 4) is 0 Å². The van der Waals surface area contributed by atoms with Crippen LogP contribution in [0.25, 0.3) is 0 Å². The van der Waals surface area contributed by atoms with E-state index in [4.69, 9.17) is 9.16 Å². The molecule has 0 fully saturated rings. The number of hydrogen-bond donors (Lipinski definition) is 1. The van der Waals surface area contributed by atoms with Gasteiger partial charge in [-0.05, 0) is 36.5 Å². The monoisotopic (exact) mass is 352 g/mol. The van der Waals surface area contributed by atoms with Gasteiger partial charge in [0.05, 0.1) is 6.61 Å². The Bertz CT molecular complexity index is 494. The lowest BCUT2D eigenvalue weighted by Gasteiger charge is -2.38. The Hall–Kier alpha value is -1.01. The molecule has 0 heterocycles. The molecule has 1 atom stereocenters. The van der Waals surface area contributed by atoms with Gasteiger partial charge in [-0.2, -0.15) is 0 Å². The van der Waals surface area contributed by atoms with Crippen LogP contribution in [-0.2, 0) is 20.6 Å². The first-order valence-corrected chi connectivity index (χ1v) is 11.5. The number of aliphatic hydroxyl groups is 1. The van der Waals surface area contributed by atoms with Gasteiger partial charge < -0.3 is 14.3 Å². The van der Waals surface area contributed by atoms with Crippen molar-refractivity contribution in [2.75, 3.05) is 13.2 Å². The topological polar surface area (TPSA) is 55.8 Å². The second-order valence-corrected chi connectivity index (χ2v) is 12.4. The molecule has 1 N–H and O–H groups in total. The number of aliphatic hydroxyl groups excluding tert-OH is 1. The molecule has 0 saturated carbocycles. The third-order valence-electron chi connectivity index (χ3n) is 4.62. The normalized spacial score (nSPS) is 13.8. The molecule has 1 rings (SSSR count). The Kier molecular flexibility index (Phi) is 8.29. The van der Waals surface area contributed by atoms with Crippen molar-refractivity contribution in [3.05, 3.63) is 35.9 Å². The lowest BCUT2D eigenvalue weighted by Crippen LogP contribution is -2.46. The van der Waals surface area contributed by atoms with Crippen LogP contribution in [0.2, 0.25) is 18.1 Å². The zero-order chi connectivity index (χ0) is 18.2. The molecule has 0 aliphatic carbocycles. The fourth-order valence-electron chi connectivity index (χ4n) is 2.05. The van der Waals surface area contributed by atoms with Crippen molar-refractivity contribution in [2.45, 2.75) is 64.5 Å². The third-order valence-corrected chi connectivity index (χ3v) is 9.11. The average molecular weight is 353 g/mol. The molecule has 0 saturated heterocycles. The Labute approximate surface area is 147 Å². The molecule has 24 heavy (non-hydrogen) atoms. The number of Topliss-reactive ketones (excluding diaryl/α,β-unsaturated/α-hetero) is 1. The van der Waals surface area contributed by atoms with Crippen molar-refractivity contribution >= 4 is 14.1 Å².